The Hall–Kier alpha value is -1.52. The highest BCUT2D eigenvalue weighted by atomic mass is 16.4. The van der Waals surface area contributed by atoms with Gasteiger partial charge in [0.05, 0.1) is 0 Å². The van der Waals surface area contributed by atoms with Gasteiger partial charge in [-0.2, -0.15) is 0 Å². The monoisotopic (exact) mass is 208 g/mol. The molecular weight excluding hydrogens is 192 g/mol. The fourth-order valence-electron chi connectivity index (χ4n) is 2.14. The van der Waals surface area contributed by atoms with E-state index in [9.17, 15) is 0 Å². The maximum Gasteiger partial charge on any atom is 0.190 e. The lowest BCUT2D eigenvalue weighted by Crippen LogP contribution is -2.22. The molecule has 1 aromatic rings. The van der Waals surface area contributed by atoms with Crippen LogP contribution in [0.5, 0.6) is 0 Å². The molecule has 2 rings (SSSR count). The van der Waals surface area contributed by atoms with Crippen LogP contribution in [-0.4, -0.2) is 20.6 Å². The zero-order valence-electron chi connectivity index (χ0n) is 9.06. The Labute approximate surface area is 88.6 Å². The highest BCUT2D eigenvalue weighted by Crippen LogP contribution is 2.23. The molecule has 3 N–H and O–H groups in total. The predicted octanol–water partition coefficient (Wildman–Crippen LogP) is 0.868. The number of hydrogen-bond acceptors (Lipinski definition) is 3. The largest absolute Gasteiger partial charge is 0.409 e. The fraction of sp³-hybridized carbons (Fsp3) is 0.600. The Morgan fingerprint density at radius 3 is 3.07 bits per heavy atom. The van der Waals surface area contributed by atoms with Crippen LogP contribution in [0.25, 0.3) is 0 Å². The van der Waals surface area contributed by atoms with Crippen LogP contribution in [0.4, 0.5) is 0 Å². The normalized spacial score (nSPS) is 21.5. The third-order valence-corrected chi connectivity index (χ3v) is 2.98. The topological polar surface area (TPSA) is 76.4 Å². The van der Waals surface area contributed by atoms with Crippen molar-refractivity contribution < 1.29 is 5.21 Å². The summed E-state index contributed by atoms with van der Waals surface area (Å²) < 4.78 is 2.17. The summed E-state index contributed by atoms with van der Waals surface area (Å²) in [7, 11) is 0. The van der Waals surface area contributed by atoms with Crippen LogP contribution in [0, 0.1) is 12.8 Å². The second-order valence-electron chi connectivity index (χ2n) is 4.19. The molecular formula is C10H16N4O. The third kappa shape index (κ3) is 1.58. The van der Waals surface area contributed by atoms with Crippen LogP contribution in [-0.2, 0) is 13.0 Å². The van der Waals surface area contributed by atoms with Gasteiger partial charge in [0.1, 0.15) is 11.5 Å². The number of fused-ring (bicyclic) bond motifs is 1. The van der Waals surface area contributed by atoms with Crippen LogP contribution < -0.4 is 5.73 Å². The van der Waals surface area contributed by atoms with Crippen LogP contribution in [0.2, 0.25) is 0 Å². The average molecular weight is 208 g/mol. The third-order valence-electron chi connectivity index (χ3n) is 2.98. The first kappa shape index (κ1) is 10.0. The summed E-state index contributed by atoms with van der Waals surface area (Å²) in [6, 6.07) is 0. The molecule has 15 heavy (non-hydrogen) atoms. The van der Waals surface area contributed by atoms with E-state index in [0.29, 0.717) is 11.6 Å². The van der Waals surface area contributed by atoms with E-state index in [1.165, 1.54) is 0 Å². The predicted molar refractivity (Wildman–Crippen MR) is 57.0 cm³/mol. The van der Waals surface area contributed by atoms with E-state index >= 15 is 0 Å². The molecule has 1 atom stereocenters. The van der Waals surface area contributed by atoms with E-state index in [1.807, 2.05) is 6.92 Å². The molecule has 0 fully saturated rings. The Kier molecular flexibility index (Phi) is 2.38. The van der Waals surface area contributed by atoms with Crippen LogP contribution in [0.1, 0.15) is 30.6 Å². The molecule has 5 heteroatoms. The molecule has 0 aromatic carbocycles. The Balaban J connectivity index is 2.48. The van der Waals surface area contributed by atoms with Crippen LogP contribution in [0.3, 0.4) is 0 Å². The lowest BCUT2D eigenvalue weighted by molar-refractivity contribution is 0.318. The molecule has 0 amide bonds. The summed E-state index contributed by atoms with van der Waals surface area (Å²) in [6.45, 7) is 5.16. The van der Waals surface area contributed by atoms with Gasteiger partial charge >= 0.3 is 0 Å². The first-order valence-corrected chi connectivity index (χ1v) is 5.17. The number of oxime groups is 1. The molecule has 0 saturated heterocycles. The average Bonchev–Trinajstić information content (AvgIpc) is 2.55. The lowest BCUT2D eigenvalue weighted by Gasteiger charge is -2.22. The van der Waals surface area contributed by atoms with Crippen molar-refractivity contribution in [3.63, 3.8) is 0 Å². The number of aromatic nitrogens is 2. The maximum atomic E-state index is 8.66. The summed E-state index contributed by atoms with van der Waals surface area (Å²) >= 11 is 0. The molecule has 1 aromatic heterocycles. The standard InChI is InChI=1S/C10H16N4O/c1-6-3-4-8-9(10(11)13-15)12-7(2)14(8)5-6/h6,15H,3-5H2,1-2H3,(H2,11,13). The van der Waals surface area contributed by atoms with E-state index in [-0.39, 0.29) is 5.84 Å². The molecule has 5 nitrogen and oxygen atoms in total. The van der Waals surface area contributed by atoms with Gasteiger partial charge in [0.15, 0.2) is 5.84 Å². The Bertz CT molecular complexity index is 408. The summed E-state index contributed by atoms with van der Waals surface area (Å²) in [5.74, 6) is 1.73. The maximum absolute atomic E-state index is 8.66. The van der Waals surface area contributed by atoms with Gasteiger partial charge in [-0.05, 0) is 25.7 Å². The van der Waals surface area contributed by atoms with E-state index in [4.69, 9.17) is 10.9 Å². The quantitative estimate of drug-likeness (QED) is 0.311. The molecule has 0 radical (unpaired) electrons. The number of aryl methyl sites for hydroxylation is 1. The zero-order chi connectivity index (χ0) is 11.0. The minimum Gasteiger partial charge on any atom is -0.409 e. The highest BCUT2D eigenvalue weighted by molar-refractivity contribution is 5.96. The number of nitrogens with zero attached hydrogens (tertiary/aromatic N) is 3. The highest BCUT2D eigenvalue weighted by Gasteiger charge is 2.23. The van der Waals surface area contributed by atoms with E-state index in [2.05, 4.69) is 21.6 Å². The molecule has 1 aliphatic heterocycles. The summed E-state index contributed by atoms with van der Waals surface area (Å²) in [5.41, 5.74) is 7.33. The second kappa shape index (κ2) is 3.56. The Morgan fingerprint density at radius 2 is 2.40 bits per heavy atom. The van der Waals surface area contributed by atoms with Crippen LogP contribution >= 0.6 is 0 Å². The molecule has 0 aliphatic carbocycles. The van der Waals surface area contributed by atoms with Gasteiger partial charge in [-0.15, -0.1) is 0 Å². The number of hydrogen-bond donors (Lipinski definition) is 2. The van der Waals surface area contributed by atoms with Crippen molar-refractivity contribution in [1.29, 1.82) is 0 Å². The lowest BCUT2D eigenvalue weighted by atomic mass is 9.99. The van der Waals surface area contributed by atoms with Gasteiger partial charge in [-0.3, -0.25) is 0 Å². The Morgan fingerprint density at radius 1 is 1.67 bits per heavy atom. The molecule has 0 bridgehead atoms. The SMILES string of the molecule is Cc1nc(/C(N)=N\O)c2n1CC(C)CC2. The van der Waals surface area contributed by atoms with E-state index < -0.39 is 0 Å². The smallest absolute Gasteiger partial charge is 0.190 e. The molecule has 2 heterocycles. The van der Waals surface area contributed by atoms with Crippen molar-refractivity contribution in [3.8, 4) is 0 Å². The molecule has 1 aliphatic rings. The number of rotatable bonds is 1. The summed E-state index contributed by atoms with van der Waals surface area (Å²) in [6.07, 6.45) is 2.09. The van der Waals surface area contributed by atoms with Crippen molar-refractivity contribution in [2.45, 2.75) is 33.2 Å². The second-order valence-corrected chi connectivity index (χ2v) is 4.19. The van der Waals surface area contributed by atoms with Crippen molar-refractivity contribution >= 4 is 5.84 Å². The first-order chi connectivity index (χ1) is 7.13. The van der Waals surface area contributed by atoms with Gasteiger partial charge in [-0.25, -0.2) is 4.98 Å². The van der Waals surface area contributed by atoms with E-state index in [0.717, 1.165) is 30.9 Å². The van der Waals surface area contributed by atoms with Crippen molar-refractivity contribution in [2.24, 2.45) is 16.8 Å². The summed E-state index contributed by atoms with van der Waals surface area (Å²) in [4.78, 5) is 4.34. The zero-order valence-corrected chi connectivity index (χ0v) is 9.06. The van der Waals surface area contributed by atoms with Gasteiger partial charge < -0.3 is 15.5 Å². The van der Waals surface area contributed by atoms with Crippen molar-refractivity contribution in [1.82, 2.24) is 9.55 Å². The molecule has 1 unspecified atom stereocenters. The first-order valence-electron chi connectivity index (χ1n) is 5.17. The molecule has 0 saturated carbocycles. The minimum absolute atomic E-state index is 0.112. The molecule has 82 valence electrons. The van der Waals surface area contributed by atoms with Gasteiger partial charge in [-0.1, -0.05) is 12.1 Å². The minimum atomic E-state index is 0.112. The van der Waals surface area contributed by atoms with E-state index in [1.54, 1.807) is 0 Å². The number of nitrogens with two attached hydrogens (primary N) is 1. The van der Waals surface area contributed by atoms with Gasteiger partial charge in [0.25, 0.3) is 0 Å². The van der Waals surface area contributed by atoms with Gasteiger partial charge in [0.2, 0.25) is 0 Å². The van der Waals surface area contributed by atoms with Crippen molar-refractivity contribution in [3.05, 3.63) is 17.2 Å². The summed E-state index contributed by atoms with van der Waals surface area (Å²) in [5, 5.41) is 11.7. The number of amidine groups is 1. The van der Waals surface area contributed by atoms with Crippen LogP contribution in [0.15, 0.2) is 5.16 Å². The van der Waals surface area contributed by atoms with Gasteiger partial charge in [0, 0.05) is 12.2 Å². The van der Waals surface area contributed by atoms with Crippen molar-refractivity contribution in [2.75, 3.05) is 0 Å². The fourth-order valence-corrected chi connectivity index (χ4v) is 2.14. The number of imidazole rings is 1. The molecule has 0 spiro atoms.